The van der Waals surface area contributed by atoms with E-state index >= 15 is 0 Å². The summed E-state index contributed by atoms with van der Waals surface area (Å²) < 4.78 is 38.8. The van der Waals surface area contributed by atoms with Crippen molar-refractivity contribution in [1.29, 1.82) is 10.5 Å². The average Bonchev–Trinajstić information content (AvgIpc) is 2.35. The Morgan fingerprint density at radius 2 is 1.38 bits per heavy atom. The Kier molecular flexibility index (Phi) is 4.95. The van der Waals surface area contributed by atoms with Gasteiger partial charge in [0.05, 0.1) is 41.0 Å². The summed E-state index contributed by atoms with van der Waals surface area (Å²) in [5.41, 5.74) is -2.60. The molecule has 2 unspecified atom stereocenters. The van der Waals surface area contributed by atoms with Crippen LogP contribution in [0, 0.1) is 22.7 Å². The highest BCUT2D eigenvalue weighted by Gasteiger charge is 2.38. The molecule has 2 N–H and O–H groups in total. The van der Waals surface area contributed by atoms with Gasteiger partial charge in [-0.1, -0.05) is 0 Å². The first-order valence-electron chi connectivity index (χ1n) is 6.05. The SMILES string of the molecule is CC(O)C(c1cc(C#N)c(C(F)(F)F)c(C#N)c1)C(C)O. The van der Waals surface area contributed by atoms with Gasteiger partial charge in [0.25, 0.3) is 0 Å². The number of benzene rings is 1. The van der Waals surface area contributed by atoms with Crippen molar-refractivity contribution in [1.82, 2.24) is 0 Å². The Balaban J connectivity index is 3.63. The van der Waals surface area contributed by atoms with E-state index in [4.69, 9.17) is 10.5 Å². The van der Waals surface area contributed by atoms with Crippen molar-refractivity contribution >= 4 is 0 Å². The van der Waals surface area contributed by atoms with E-state index in [1.54, 1.807) is 0 Å². The lowest BCUT2D eigenvalue weighted by Gasteiger charge is -2.24. The minimum absolute atomic E-state index is 0.112. The Bertz CT molecular complexity index is 567. The molecule has 7 heteroatoms. The largest absolute Gasteiger partial charge is 0.418 e. The highest BCUT2D eigenvalue weighted by atomic mass is 19.4. The van der Waals surface area contributed by atoms with Crippen LogP contribution < -0.4 is 0 Å². The molecule has 4 nitrogen and oxygen atoms in total. The summed E-state index contributed by atoms with van der Waals surface area (Å²) in [5.74, 6) is -0.897. The van der Waals surface area contributed by atoms with Gasteiger partial charge in [-0.05, 0) is 31.5 Å². The van der Waals surface area contributed by atoms with Crippen LogP contribution in [0.1, 0.15) is 42.0 Å². The molecule has 0 amide bonds. The molecule has 0 aliphatic heterocycles. The van der Waals surface area contributed by atoms with Gasteiger partial charge in [-0.25, -0.2) is 0 Å². The minimum atomic E-state index is -4.83. The van der Waals surface area contributed by atoms with E-state index in [1.807, 2.05) is 0 Å². The Morgan fingerprint density at radius 1 is 1.00 bits per heavy atom. The maximum Gasteiger partial charge on any atom is 0.418 e. The van der Waals surface area contributed by atoms with Crippen LogP contribution >= 0.6 is 0 Å². The third-order valence-corrected chi connectivity index (χ3v) is 3.11. The first-order chi connectivity index (χ1) is 9.63. The van der Waals surface area contributed by atoms with Crippen LogP contribution in [0.15, 0.2) is 12.1 Å². The maximum atomic E-state index is 12.9. The van der Waals surface area contributed by atoms with Gasteiger partial charge in [0, 0.05) is 5.92 Å². The molecule has 0 aliphatic rings. The van der Waals surface area contributed by atoms with Gasteiger partial charge in [-0.15, -0.1) is 0 Å². The summed E-state index contributed by atoms with van der Waals surface area (Å²) in [5, 5.41) is 37.1. The molecule has 2 atom stereocenters. The lowest BCUT2D eigenvalue weighted by Crippen LogP contribution is -2.26. The number of halogens is 3. The highest BCUT2D eigenvalue weighted by molar-refractivity contribution is 5.53. The second-order valence-corrected chi connectivity index (χ2v) is 4.72. The highest BCUT2D eigenvalue weighted by Crippen LogP contribution is 2.37. The summed E-state index contributed by atoms with van der Waals surface area (Å²) in [6.45, 7) is 2.74. The molecule has 1 rings (SSSR count). The summed E-state index contributed by atoms with van der Waals surface area (Å²) >= 11 is 0. The van der Waals surface area contributed by atoms with Gasteiger partial charge in [0.2, 0.25) is 0 Å². The van der Waals surface area contributed by atoms with Crippen molar-refractivity contribution < 1.29 is 23.4 Å². The minimum Gasteiger partial charge on any atom is -0.393 e. The fraction of sp³-hybridized carbons (Fsp3) is 0.429. The second-order valence-electron chi connectivity index (χ2n) is 4.72. The number of alkyl halides is 3. The van der Waals surface area contributed by atoms with Crippen LogP contribution in [0.25, 0.3) is 0 Å². The Morgan fingerprint density at radius 3 is 1.62 bits per heavy atom. The molecule has 21 heavy (non-hydrogen) atoms. The van der Waals surface area contributed by atoms with Crippen LogP contribution in [0.5, 0.6) is 0 Å². The first-order valence-corrected chi connectivity index (χ1v) is 6.05. The fourth-order valence-corrected chi connectivity index (χ4v) is 2.30. The molecule has 1 aromatic carbocycles. The number of nitriles is 2. The van der Waals surface area contributed by atoms with Crippen molar-refractivity contribution in [3.05, 3.63) is 34.4 Å². The number of aliphatic hydroxyl groups excluding tert-OH is 2. The third kappa shape index (κ3) is 3.52. The van der Waals surface area contributed by atoms with Crippen LogP contribution in [0.3, 0.4) is 0 Å². The zero-order valence-electron chi connectivity index (χ0n) is 11.3. The van der Waals surface area contributed by atoms with Gasteiger partial charge in [0.15, 0.2) is 0 Å². The van der Waals surface area contributed by atoms with E-state index in [1.165, 1.54) is 26.0 Å². The summed E-state index contributed by atoms with van der Waals surface area (Å²) in [6, 6.07) is 4.74. The zero-order valence-corrected chi connectivity index (χ0v) is 11.3. The van der Waals surface area contributed by atoms with E-state index in [-0.39, 0.29) is 5.56 Å². The molecule has 0 saturated heterocycles. The van der Waals surface area contributed by atoms with Gasteiger partial charge in [-0.3, -0.25) is 0 Å². The van der Waals surface area contributed by atoms with Gasteiger partial charge < -0.3 is 10.2 Å². The van der Waals surface area contributed by atoms with E-state index in [0.29, 0.717) is 0 Å². The molecule has 112 valence electrons. The van der Waals surface area contributed by atoms with E-state index in [0.717, 1.165) is 12.1 Å². The number of rotatable bonds is 3. The lowest BCUT2D eigenvalue weighted by molar-refractivity contribution is -0.138. The number of hydrogen-bond donors (Lipinski definition) is 2. The van der Waals surface area contributed by atoms with E-state index in [9.17, 15) is 23.4 Å². The van der Waals surface area contributed by atoms with Gasteiger partial charge >= 0.3 is 6.18 Å². The van der Waals surface area contributed by atoms with Gasteiger partial charge in [0.1, 0.15) is 0 Å². The predicted octanol–water partition coefficient (Wildman–Crippen LogP) is 2.29. The number of nitrogens with zero attached hydrogens (tertiary/aromatic N) is 2. The summed E-state index contributed by atoms with van der Waals surface area (Å²) in [6.07, 6.45) is -6.94. The van der Waals surface area contributed by atoms with Gasteiger partial charge in [-0.2, -0.15) is 23.7 Å². The topological polar surface area (TPSA) is 88.0 Å². The Labute approximate surface area is 119 Å². The average molecular weight is 298 g/mol. The van der Waals surface area contributed by atoms with Crippen molar-refractivity contribution in [2.75, 3.05) is 0 Å². The molecule has 0 aliphatic carbocycles. The third-order valence-electron chi connectivity index (χ3n) is 3.11. The number of aliphatic hydroxyl groups is 2. The molecular formula is C14H13F3N2O2. The molecular weight excluding hydrogens is 285 g/mol. The summed E-state index contributed by atoms with van der Waals surface area (Å²) in [4.78, 5) is 0. The predicted molar refractivity (Wildman–Crippen MR) is 67.0 cm³/mol. The van der Waals surface area contributed by atoms with Crippen LogP contribution in [0.2, 0.25) is 0 Å². The zero-order chi connectivity index (χ0) is 16.4. The Hall–Kier alpha value is -2.09. The molecule has 0 spiro atoms. The molecule has 1 aromatic rings. The fourth-order valence-electron chi connectivity index (χ4n) is 2.30. The smallest absolute Gasteiger partial charge is 0.393 e. The van der Waals surface area contributed by atoms with E-state index < -0.39 is 41.0 Å². The lowest BCUT2D eigenvalue weighted by atomic mass is 9.86. The quantitative estimate of drug-likeness (QED) is 0.896. The maximum absolute atomic E-state index is 12.9. The number of hydrogen-bond acceptors (Lipinski definition) is 4. The summed E-state index contributed by atoms with van der Waals surface area (Å²) in [7, 11) is 0. The van der Waals surface area contributed by atoms with Crippen LogP contribution in [0.4, 0.5) is 13.2 Å². The van der Waals surface area contributed by atoms with Crippen LogP contribution in [-0.2, 0) is 6.18 Å². The van der Waals surface area contributed by atoms with Crippen molar-refractivity contribution in [3.63, 3.8) is 0 Å². The molecule has 0 heterocycles. The van der Waals surface area contributed by atoms with Crippen molar-refractivity contribution in [2.45, 2.75) is 38.1 Å². The molecule has 0 aromatic heterocycles. The van der Waals surface area contributed by atoms with Crippen molar-refractivity contribution in [2.24, 2.45) is 0 Å². The van der Waals surface area contributed by atoms with E-state index in [2.05, 4.69) is 0 Å². The van der Waals surface area contributed by atoms with Crippen molar-refractivity contribution in [3.8, 4) is 12.1 Å². The standard InChI is InChI=1S/C14H13F3N2O2/c1-7(20)12(8(2)21)9-3-10(5-18)13(14(15,16)17)11(4-9)6-19/h3-4,7-8,12,20-21H,1-2H3. The first kappa shape index (κ1) is 17.0. The normalized spacial score (nSPS) is 15.7. The molecule has 0 bridgehead atoms. The molecule has 0 radical (unpaired) electrons. The van der Waals surface area contributed by atoms with Crippen LogP contribution in [-0.4, -0.2) is 22.4 Å². The molecule has 0 saturated carbocycles. The second kappa shape index (κ2) is 6.13. The molecule has 0 fully saturated rings. The monoisotopic (exact) mass is 298 g/mol.